The Morgan fingerprint density at radius 2 is 2.00 bits per heavy atom. The van der Waals surface area contributed by atoms with Crippen molar-refractivity contribution in [2.75, 3.05) is 0 Å². The Bertz CT molecular complexity index is 400. The zero-order chi connectivity index (χ0) is 10.3. The normalized spacial score (nSPS) is 14.5. The van der Waals surface area contributed by atoms with E-state index in [1.165, 1.54) is 26.7 Å². The van der Waals surface area contributed by atoms with Gasteiger partial charge in [0.25, 0.3) is 0 Å². The molecule has 0 aliphatic heterocycles. The van der Waals surface area contributed by atoms with E-state index in [0.717, 1.165) is 6.42 Å². The van der Waals surface area contributed by atoms with Crippen LogP contribution in [-0.4, -0.2) is 0 Å². The van der Waals surface area contributed by atoms with Crippen molar-refractivity contribution in [3.63, 3.8) is 0 Å². The SMILES string of the molecule is CC1=Cc2cc(C(C)C)cc(Br)c2C1. The summed E-state index contributed by atoms with van der Waals surface area (Å²) in [5.74, 6) is 0.603. The third-order valence-electron chi connectivity index (χ3n) is 2.78. The molecule has 14 heavy (non-hydrogen) atoms. The molecule has 0 bridgehead atoms. The first kappa shape index (κ1) is 9.97. The molecule has 2 rings (SSSR count). The first-order chi connectivity index (χ1) is 6.58. The average molecular weight is 251 g/mol. The summed E-state index contributed by atoms with van der Waals surface area (Å²) in [7, 11) is 0. The van der Waals surface area contributed by atoms with Crippen LogP contribution < -0.4 is 0 Å². The van der Waals surface area contributed by atoms with E-state index in [2.05, 4.69) is 54.9 Å². The predicted molar refractivity (Wildman–Crippen MR) is 65.6 cm³/mol. The minimum Gasteiger partial charge on any atom is -0.0683 e. The van der Waals surface area contributed by atoms with Crippen LogP contribution in [0.3, 0.4) is 0 Å². The Balaban J connectivity index is 2.53. The third-order valence-corrected chi connectivity index (χ3v) is 3.48. The molecule has 0 spiro atoms. The second-order valence-electron chi connectivity index (χ2n) is 4.39. The maximum absolute atomic E-state index is 3.66. The molecule has 0 N–H and O–H groups in total. The largest absolute Gasteiger partial charge is 0.0683 e. The molecule has 1 aliphatic carbocycles. The van der Waals surface area contributed by atoms with Gasteiger partial charge in [-0.1, -0.05) is 47.5 Å². The minimum absolute atomic E-state index is 0.603. The van der Waals surface area contributed by atoms with Crippen LogP contribution in [0.25, 0.3) is 6.08 Å². The quantitative estimate of drug-likeness (QED) is 0.687. The maximum Gasteiger partial charge on any atom is 0.0219 e. The smallest absolute Gasteiger partial charge is 0.0219 e. The van der Waals surface area contributed by atoms with E-state index in [9.17, 15) is 0 Å². The molecule has 0 saturated heterocycles. The van der Waals surface area contributed by atoms with Gasteiger partial charge >= 0.3 is 0 Å². The fourth-order valence-corrected chi connectivity index (χ4v) is 2.56. The number of allylic oxidation sites excluding steroid dienone is 1. The Morgan fingerprint density at radius 1 is 1.29 bits per heavy atom. The van der Waals surface area contributed by atoms with Gasteiger partial charge in [0.05, 0.1) is 0 Å². The Hall–Kier alpha value is -0.560. The number of halogens is 1. The lowest BCUT2D eigenvalue weighted by molar-refractivity contribution is 0.864. The third kappa shape index (κ3) is 1.66. The van der Waals surface area contributed by atoms with Crippen molar-refractivity contribution in [2.24, 2.45) is 0 Å². The van der Waals surface area contributed by atoms with Crippen LogP contribution in [-0.2, 0) is 6.42 Å². The van der Waals surface area contributed by atoms with Crippen molar-refractivity contribution in [1.82, 2.24) is 0 Å². The summed E-state index contributed by atoms with van der Waals surface area (Å²) in [6.45, 7) is 6.67. The zero-order valence-electron chi connectivity index (χ0n) is 8.89. The fraction of sp³-hybridized carbons (Fsp3) is 0.385. The molecule has 1 aromatic rings. The van der Waals surface area contributed by atoms with Crippen molar-refractivity contribution in [2.45, 2.75) is 33.1 Å². The second kappa shape index (κ2) is 3.54. The van der Waals surface area contributed by atoms with Crippen molar-refractivity contribution in [3.8, 4) is 0 Å². The van der Waals surface area contributed by atoms with E-state index in [-0.39, 0.29) is 0 Å². The molecule has 0 unspecified atom stereocenters. The average Bonchev–Trinajstić information content (AvgIpc) is 2.45. The van der Waals surface area contributed by atoms with Crippen LogP contribution in [0.4, 0.5) is 0 Å². The van der Waals surface area contributed by atoms with E-state index in [0.29, 0.717) is 5.92 Å². The highest BCUT2D eigenvalue weighted by molar-refractivity contribution is 9.10. The molecule has 0 amide bonds. The van der Waals surface area contributed by atoms with Gasteiger partial charge in [-0.3, -0.25) is 0 Å². The molecule has 0 saturated carbocycles. The number of fused-ring (bicyclic) bond motifs is 1. The van der Waals surface area contributed by atoms with E-state index >= 15 is 0 Å². The monoisotopic (exact) mass is 250 g/mol. The lowest BCUT2D eigenvalue weighted by Crippen LogP contribution is -1.92. The molecular weight excluding hydrogens is 236 g/mol. The van der Waals surface area contributed by atoms with Crippen molar-refractivity contribution in [1.29, 1.82) is 0 Å². The van der Waals surface area contributed by atoms with Gasteiger partial charge in [0.15, 0.2) is 0 Å². The van der Waals surface area contributed by atoms with Gasteiger partial charge in [-0.25, -0.2) is 0 Å². The molecule has 0 fully saturated rings. The summed E-state index contributed by atoms with van der Waals surface area (Å²) in [5.41, 5.74) is 5.73. The first-order valence-electron chi connectivity index (χ1n) is 5.07. The van der Waals surface area contributed by atoms with Gasteiger partial charge in [0.1, 0.15) is 0 Å². The van der Waals surface area contributed by atoms with E-state index < -0.39 is 0 Å². The number of benzene rings is 1. The molecule has 0 atom stereocenters. The van der Waals surface area contributed by atoms with Gasteiger partial charge in [-0.15, -0.1) is 0 Å². The molecule has 74 valence electrons. The highest BCUT2D eigenvalue weighted by Gasteiger charge is 2.14. The molecule has 0 radical (unpaired) electrons. The van der Waals surface area contributed by atoms with E-state index in [1.54, 1.807) is 0 Å². The summed E-state index contributed by atoms with van der Waals surface area (Å²) in [5, 5.41) is 0. The summed E-state index contributed by atoms with van der Waals surface area (Å²) in [4.78, 5) is 0. The van der Waals surface area contributed by atoms with E-state index in [4.69, 9.17) is 0 Å². The highest BCUT2D eigenvalue weighted by atomic mass is 79.9. The maximum atomic E-state index is 3.66. The lowest BCUT2D eigenvalue weighted by atomic mass is 9.98. The Kier molecular flexibility index (Phi) is 2.52. The number of hydrogen-bond acceptors (Lipinski definition) is 0. The van der Waals surface area contributed by atoms with E-state index in [1.807, 2.05) is 0 Å². The fourth-order valence-electron chi connectivity index (χ4n) is 1.92. The number of rotatable bonds is 1. The molecule has 1 aliphatic rings. The predicted octanol–water partition coefficient (Wildman–Crippen LogP) is 4.53. The van der Waals surface area contributed by atoms with Crippen LogP contribution in [0.2, 0.25) is 0 Å². The molecule has 0 heterocycles. The van der Waals surface area contributed by atoms with Gasteiger partial charge in [-0.05, 0) is 42.0 Å². The number of hydrogen-bond donors (Lipinski definition) is 0. The van der Waals surface area contributed by atoms with Crippen LogP contribution in [0, 0.1) is 0 Å². The lowest BCUT2D eigenvalue weighted by Gasteiger charge is -2.10. The molecule has 0 aromatic heterocycles. The molecule has 0 nitrogen and oxygen atoms in total. The molecular formula is C13H15Br. The Labute approximate surface area is 94.2 Å². The highest BCUT2D eigenvalue weighted by Crippen LogP contribution is 2.34. The molecule has 1 heteroatoms. The van der Waals surface area contributed by atoms with Gasteiger partial charge in [0, 0.05) is 4.47 Å². The zero-order valence-corrected chi connectivity index (χ0v) is 10.5. The topological polar surface area (TPSA) is 0 Å². The minimum atomic E-state index is 0.603. The van der Waals surface area contributed by atoms with Gasteiger partial charge in [-0.2, -0.15) is 0 Å². The second-order valence-corrected chi connectivity index (χ2v) is 5.25. The van der Waals surface area contributed by atoms with Gasteiger partial charge in [0.2, 0.25) is 0 Å². The van der Waals surface area contributed by atoms with Crippen molar-refractivity contribution < 1.29 is 0 Å². The Morgan fingerprint density at radius 3 is 2.64 bits per heavy atom. The van der Waals surface area contributed by atoms with Crippen molar-refractivity contribution in [3.05, 3.63) is 38.9 Å². The van der Waals surface area contributed by atoms with Crippen molar-refractivity contribution >= 4 is 22.0 Å². The first-order valence-corrected chi connectivity index (χ1v) is 5.86. The summed E-state index contributed by atoms with van der Waals surface area (Å²) in [6, 6.07) is 4.58. The van der Waals surface area contributed by atoms with Crippen LogP contribution in [0.1, 0.15) is 43.4 Å². The van der Waals surface area contributed by atoms with Crippen LogP contribution in [0.5, 0.6) is 0 Å². The van der Waals surface area contributed by atoms with Crippen LogP contribution >= 0.6 is 15.9 Å². The van der Waals surface area contributed by atoms with Gasteiger partial charge < -0.3 is 0 Å². The molecule has 1 aromatic carbocycles. The summed E-state index contributed by atoms with van der Waals surface area (Å²) < 4.78 is 1.27. The summed E-state index contributed by atoms with van der Waals surface area (Å²) >= 11 is 3.66. The standard InChI is InChI=1S/C13H15Br/c1-8(2)10-6-11-4-9(3)5-12(11)13(14)7-10/h4,6-8H,5H2,1-3H3. The summed E-state index contributed by atoms with van der Waals surface area (Å²) in [6.07, 6.45) is 3.40. The van der Waals surface area contributed by atoms with Crippen LogP contribution in [0.15, 0.2) is 22.2 Å².